The Labute approximate surface area is 63.1 Å². The number of rotatable bonds is 4. The Morgan fingerprint density at radius 3 is 2.60 bits per heavy atom. The molecule has 0 aliphatic rings. The summed E-state index contributed by atoms with van der Waals surface area (Å²) in [6, 6.07) is 0. The molecule has 0 rings (SSSR count). The molecule has 0 heterocycles. The smallest absolute Gasteiger partial charge is 0.152 e. The van der Waals surface area contributed by atoms with Crippen LogP contribution in [0.4, 0.5) is 0 Å². The second kappa shape index (κ2) is 5.21. The Hall–Kier alpha value is -0.590. The monoisotopic (exact) mass is 140 g/mol. The van der Waals surface area contributed by atoms with E-state index in [1.54, 1.807) is 13.0 Å². The second-order valence-electron chi connectivity index (χ2n) is 2.74. The predicted octanol–water partition coefficient (Wildman–Crippen LogP) is 2.57. The fraction of sp³-hybridized carbons (Fsp3) is 0.667. The van der Waals surface area contributed by atoms with Crippen LogP contribution in [0.25, 0.3) is 0 Å². The molecule has 0 aliphatic heterocycles. The highest BCUT2D eigenvalue weighted by Gasteiger charge is 1.93. The van der Waals surface area contributed by atoms with Crippen molar-refractivity contribution >= 4 is 5.78 Å². The lowest BCUT2D eigenvalue weighted by Gasteiger charge is -2.00. The Morgan fingerprint density at radius 1 is 1.60 bits per heavy atom. The van der Waals surface area contributed by atoms with E-state index >= 15 is 0 Å². The van der Waals surface area contributed by atoms with Crippen LogP contribution in [0.1, 0.15) is 33.6 Å². The third-order valence-corrected chi connectivity index (χ3v) is 1.40. The molecule has 1 nitrogen and oxygen atoms in total. The maximum Gasteiger partial charge on any atom is 0.152 e. The topological polar surface area (TPSA) is 17.1 Å². The van der Waals surface area contributed by atoms with Crippen molar-refractivity contribution in [1.82, 2.24) is 0 Å². The molecule has 0 saturated heterocycles. The van der Waals surface area contributed by atoms with Crippen molar-refractivity contribution in [3.8, 4) is 0 Å². The van der Waals surface area contributed by atoms with Gasteiger partial charge in [0.2, 0.25) is 0 Å². The van der Waals surface area contributed by atoms with Crippen LogP contribution in [-0.4, -0.2) is 5.78 Å². The summed E-state index contributed by atoms with van der Waals surface area (Å²) in [5.74, 6) is 0.692. The summed E-state index contributed by atoms with van der Waals surface area (Å²) >= 11 is 0. The van der Waals surface area contributed by atoms with E-state index < -0.39 is 0 Å². The molecule has 0 radical (unpaired) electrons. The standard InChI is InChI=1S/C9H16O/c1-4-5-8(2)6-7-9(3)10/h6-8H,4-5H2,1-3H3/b7-6+. The molecular formula is C9H16O. The summed E-state index contributed by atoms with van der Waals surface area (Å²) in [6.07, 6.45) is 5.99. The first kappa shape index (κ1) is 9.41. The Morgan fingerprint density at radius 2 is 2.20 bits per heavy atom. The number of carbonyl (C=O) groups excluding carboxylic acids is 1. The number of hydrogen-bond donors (Lipinski definition) is 0. The third kappa shape index (κ3) is 5.54. The fourth-order valence-electron chi connectivity index (χ4n) is 0.851. The van der Waals surface area contributed by atoms with Gasteiger partial charge in [-0.15, -0.1) is 0 Å². The minimum absolute atomic E-state index is 0.142. The highest BCUT2D eigenvalue weighted by molar-refractivity contribution is 5.87. The van der Waals surface area contributed by atoms with Gasteiger partial charge in [-0.3, -0.25) is 4.79 Å². The predicted molar refractivity (Wildman–Crippen MR) is 43.9 cm³/mol. The lowest BCUT2D eigenvalue weighted by molar-refractivity contribution is -0.112. The van der Waals surface area contributed by atoms with E-state index in [-0.39, 0.29) is 5.78 Å². The van der Waals surface area contributed by atoms with Gasteiger partial charge in [0.15, 0.2) is 5.78 Å². The summed E-state index contributed by atoms with van der Waals surface area (Å²) in [5, 5.41) is 0. The minimum atomic E-state index is 0.142. The summed E-state index contributed by atoms with van der Waals surface area (Å²) in [4.78, 5) is 10.5. The average Bonchev–Trinajstić information content (AvgIpc) is 1.85. The van der Waals surface area contributed by atoms with Gasteiger partial charge in [0.05, 0.1) is 0 Å². The van der Waals surface area contributed by atoms with Crippen molar-refractivity contribution in [3.05, 3.63) is 12.2 Å². The van der Waals surface area contributed by atoms with Crippen LogP contribution >= 0.6 is 0 Å². The molecule has 0 aromatic carbocycles. The number of ketones is 1. The van der Waals surface area contributed by atoms with Gasteiger partial charge in [0, 0.05) is 0 Å². The molecule has 0 aromatic rings. The summed E-state index contributed by atoms with van der Waals surface area (Å²) in [7, 11) is 0. The zero-order chi connectivity index (χ0) is 7.98. The largest absolute Gasteiger partial charge is 0.295 e. The van der Waals surface area contributed by atoms with Crippen molar-refractivity contribution in [2.45, 2.75) is 33.6 Å². The first-order valence-electron chi connectivity index (χ1n) is 3.85. The Bertz CT molecular complexity index is 125. The summed E-state index contributed by atoms with van der Waals surface area (Å²) < 4.78 is 0. The highest BCUT2D eigenvalue weighted by Crippen LogP contribution is 2.05. The van der Waals surface area contributed by atoms with Gasteiger partial charge in [-0.05, 0) is 25.3 Å². The third-order valence-electron chi connectivity index (χ3n) is 1.40. The van der Waals surface area contributed by atoms with Gasteiger partial charge in [0.1, 0.15) is 0 Å². The molecule has 0 N–H and O–H groups in total. The quantitative estimate of drug-likeness (QED) is 0.548. The molecule has 0 aromatic heterocycles. The molecular weight excluding hydrogens is 124 g/mol. The fourth-order valence-corrected chi connectivity index (χ4v) is 0.851. The second-order valence-corrected chi connectivity index (χ2v) is 2.74. The molecule has 1 unspecified atom stereocenters. The molecule has 0 bridgehead atoms. The van der Waals surface area contributed by atoms with E-state index in [0.717, 1.165) is 0 Å². The molecule has 0 aliphatic carbocycles. The molecule has 1 atom stereocenters. The van der Waals surface area contributed by atoms with Gasteiger partial charge < -0.3 is 0 Å². The van der Waals surface area contributed by atoms with Crippen LogP contribution in [0.5, 0.6) is 0 Å². The molecule has 1 heteroatoms. The number of carbonyl (C=O) groups is 1. The van der Waals surface area contributed by atoms with Gasteiger partial charge >= 0.3 is 0 Å². The Kier molecular flexibility index (Phi) is 4.91. The molecule has 0 amide bonds. The molecule has 0 fully saturated rings. The number of hydrogen-bond acceptors (Lipinski definition) is 1. The first-order chi connectivity index (χ1) is 4.66. The van der Waals surface area contributed by atoms with E-state index in [9.17, 15) is 4.79 Å². The normalized spacial score (nSPS) is 13.9. The molecule has 58 valence electrons. The zero-order valence-corrected chi connectivity index (χ0v) is 7.05. The van der Waals surface area contributed by atoms with Crippen molar-refractivity contribution in [3.63, 3.8) is 0 Å². The van der Waals surface area contributed by atoms with Crippen molar-refractivity contribution in [2.75, 3.05) is 0 Å². The van der Waals surface area contributed by atoms with Gasteiger partial charge in [-0.1, -0.05) is 26.3 Å². The van der Waals surface area contributed by atoms with Crippen LogP contribution in [0, 0.1) is 5.92 Å². The van der Waals surface area contributed by atoms with Crippen molar-refractivity contribution in [2.24, 2.45) is 5.92 Å². The van der Waals surface area contributed by atoms with Crippen LogP contribution in [0.2, 0.25) is 0 Å². The van der Waals surface area contributed by atoms with E-state index in [0.29, 0.717) is 5.92 Å². The highest BCUT2D eigenvalue weighted by atomic mass is 16.1. The zero-order valence-electron chi connectivity index (χ0n) is 7.05. The maximum atomic E-state index is 10.5. The van der Waals surface area contributed by atoms with Crippen LogP contribution in [0.15, 0.2) is 12.2 Å². The van der Waals surface area contributed by atoms with Crippen molar-refractivity contribution < 1.29 is 4.79 Å². The van der Waals surface area contributed by atoms with Crippen molar-refractivity contribution in [1.29, 1.82) is 0 Å². The van der Waals surface area contributed by atoms with Crippen LogP contribution in [0.3, 0.4) is 0 Å². The number of allylic oxidation sites excluding steroid dienone is 2. The average molecular weight is 140 g/mol. The van der Waals surface area contributed by atoms with Gasteiger partial charge in [-0.25, -0.2) is 0 Å². The minimum Gasteiger partial charge on any atom is -0.295 e. The molecule has 0 spiro atoms. The molecule has 0 saturated carbocycles. The van der Waals surface area contributed by atoms with E-state index in [4.69, 9.17) is 0 Å². The summed E-state index contributed by atoms with van der Waals surface area (Å²) in [5.41, 5.74) is 0. The molecule has 10 heavy (non-hydrogen) atoms. The first-order valence-corrected chi connectivity index (χ1v) is 3.85. The maximum absolute atomic E-state index is 10.5. The van der Waals surface area contributed by atoms with Gasteiger partial charge in [0.25, 0.3) is 0 Å². The van der Waals surface area contributed by atoms with Gasteiger partial charge in [-0.2, -0.15) is 0 Å². The van der Waals surface area contributed by atoms with Crippen LogP contribution < -0.4 is 0 Å². The summed E-state index contributed by atoms with van der Waals surface area (Å²) in [6.45, 7) is 5.86. The van der Waals surface area contributed by atoms with E-state index in [2.05, 4.69) is 13.8 Å². The lowest BCUT2D eigenvalue weighted by Crippen LogP contribution is -1.89. The van der Waals surface area contributed by atoms with E-state index in [1.165, 1.54) is 12.8 Å². The van der Waals surface area contributed by atoms with Crippen LogP contribution in [-0.2, 0) is 4.79 Å². The SMILES string of the molecule is CCCC(C)/C=C/C(C)=O. The Balaban J connectivity index is 3.55. The lowest BCUT2D eigenvalue weighted by atomic mass is 10.1. The van der Waals surface area contributed by atoms with E-state index in [1.807, 2.05) is 6.08 Å².